The zero-order chi connectivity index (χ0) is 24.1. The Morgan fingerprint density at radius 1 is 1.21 bits per heavy atom. The number of thiophene rings is 1. The lowest BCUT2D eigenvalue weighted by molar-refractivity contribution is -0.126. The van der Waals surface area contributed by atoms with Crippen molar-refractivity contribution in [2.24, 2.45) is 0 Å². The first-order valence-corrected chi connectivity index (χ1v) is 11.8. The zero-order valence-corrected chi connectivity index (χ0v) is 20.3. The Labute approximate surface area is 203 Å². The number of pyridine rings is 1. The van der Waals surface area contributed by atoms with E-state index >= 15 is 0 Å². The van der Waals surface area contributed by atoms with Gasteiger partial charge in [0.2, 0.25) is 5.91 Å². The van der Waals surface area contributed by atoms with Crippen LogP contribution in [-0.4, -0.2) is 42.5 Å². The molecule has 8 heteroatoms. The van der Waals surface area contributed by atoms with E-state index in [1.54, 1.807) is 26.4 Å². The van der Waals surface area contributed by atoms with E-state index in [1.807, 2.05) is 53.7 Å². The van der Waals surface area contributed by atoms with Crippen molar-refractivity contribution >= 4 is 29.2 Å². The third-order valence-electron chi connectivity index (χ3n) is 5.90. The Hall–Kier alpha value is -3.65. The molecule has 0 saturated heterocycles. The molecule has 0 fully saturated rings. The van der Waals surface area contributed by atoms with Crippen LogP contribution in [0.5, 0.6) is 11.5 Å². The SMILES string of the molecule is COc1ccc(C=CC(=O)N2CCc3c(cnc(C)c3CNC(=O)c3cccs3)C2)cc1OC. The molecule has 1 aromatic carbocycles. The van der Waals surface area contributed by atoms with Crippen molar-refractivity contribution in [3.05, 3.63) is 80.8 Å². The second-order valence-electron chi connectivity index (χ2n) is 7.94. The van der Waals surface area contributed by atoms with Crippen molar-refractivity contribution in [2.45, 2.75) is 26.4 Å². The van der Waals surface area contributed by atoms with E-state index in [1.165, 1.54) is 16.9 Å². The standard InChI is InChI=1S/C26H27N3O4S/c1-17-21(15-28-26(31)24-5-4-12-34-24)20-10-11-29(16-19(20)14-27-17)25(30)9-7-18-6-8-22(32-2)23(13-18)33-3/h4-9,12-14H,10-11,15-16H2,1-3H3,(H,28,31). The van der Waals surface area contributed by atoms with E-state index in [0.717, 1.165) is 28.8 Å². The number of aromatic nitrogens is 1. The van der Waals surface area contributed by atoms with Gasteiger partial charge in [0.15, 0.2) is 11.5 Å². The largest absolute Gasteiger partial charge is 0.493 e. The fraction of sp³-hybridized carbons (Fsp3) is 0.269. The van der Waals surface area contributed by atoms with Gasteiger partial charge >= 0.3 is 0 Å². The number of amides is 2. The van der Waals surface area contributed by atoms with Crippen LogP contribution < -0.4 is 14.8 Å². The molecule has 7 nitrogen and oxygen atoms in total. The molecule has 0 bridgehead atoms. The quantitative estimate of drug-likeness (QED) is 0.521. The molecule has 176 valence electrons. The molecular weight excluding hydrogens is 450 g/mol. The molecule has 0 unspecified atom stereocenters. The van der Waals surface area contributed by atoms with Crippen molar-refractivity contribution in [3.8, 4) is 11.5 Å². The Balaban J connectivity index is 1.44. The van der Waals surface area contributed by atoms with Crippen LogP contribution in [-0.2, 0) is 24.3 Å². The maximum Gasteiger partial charge on any atom is 0.261 e. The molecule has 1 aliphatic rings. The molecule has 0 radical (unpaired) electrons. The minimum Gasteiger partial charge on any atom is -0.493 e. The molecule has 34 heavy (non-hydrogen) atoms. The van der Waals surface area contributed by atoms with Gasteiger partial charge in [-0.1, -0.05) is 12.1 Å². The molecule has 1 aliphatic heterocycles. The highest BCUT2D eigenvalue weighted by atomic mass is 32.1. The van der Waals surface area contributed by atoms with E-state index in [0.29, 0.717) is 36.0 Å². The van der Waals surface area contributed by atoms with Crippen molar-refractivity contribution in [3.63, 3.8) is 0 Å². The minimum absolute atomic E-state index is 0.0615. The maximum atomic E-state index is 12.9. The second-order valence-corrected chi connectivity index (χ2v) is 8.89. The minimum atomic E-state index is -0.0834. The molecule has 3 heterocycles. The van der Waals surface area contributed by atoms with E-state index in [9.17, 15) is 9.59 Å². The summed E-state index contributed by atoms with van der Waals surface area (Å²) in [5.41, 5.74) is 4.98. The first kappa shape index (κ1) is 23.5. The topological polar surface area (TPSA) is 80.8 Å². The average Bonchev–Trinajstić information content (AvgIpc) is 3.41. The smallest absolute Gasteiger partial charge is 0.261 e. The molecule has 3 aromatic rings. The fourth-order valence-corrected chi connectivity index (χ4v) is 4.68. The van der Waals surface area contributed by atoms with E-state index in [-0.39, 0.29) is 11.8 Å². The monoisotopic (exact) mass is 477 g/mol. The van der Waals surface area contributed by atoms with Gasteiger partial charge in [0, 0.05) is 37.6 Å². The predicted octanol–water partition coefficient (Wildman–Crippen LogP) is 4.00. The van der Waals surface area contributed by atoms with Gasteiger partial charge < -0.3 is 19.7 Å². The first-order chi connectivity index (χ1) is 16.5. The summed E-state index contributed by atoms with van der Waals surface area (Å²) in [5.74, 6) is 1.11. The van der Waals surface area contributed by atoms with Crippen LogP contribution in [0.1, 0.15) is 37.6 Å². The lowest BCUT2D eigenvalue weighted by atomic mass is 9.94. The summed E-state index contributed by atoms with van der Waals surface area (Å²) >= 11 is 1.42. The lowest BCUT2D eigenvalue weighted by Gasteiger charge is -2.30. The highest BCUT2D eigenvalue weighted by Gasteiger charge is 2.23. The van der Waals surface area contributed by atoms with Crippen LogP contribution in [0.3, 0.4) is 0 Å². The zero-order valence-electron chi connectivity index (χ0n) is 19.5. The molecule has 0 spiro atoms. The number of ether oxygens (including phenoxy) is 2. The number of fused-ring (bicyclic) bond motifs is 1. The highest BCUT2D eigenvalue weighted by Crippen LogP contribution is 2.28. The Morgan fingerprint density at radius 3 is 2.76 bits per heavy atom. The summed E-state index contributed by atoms with van der Waals surface area (Å²) in [6, 6.07) is 9.19. The Kier molecular flexibility index (Phi) is 7.27. The van der Waals surface area contributed by atoms with Gasteiger partial charge in [0.1, 0.15) is 0 Å². The van der Waals surface area contributed by atoms with Crippen LogP contribution in [0.15, 0.2) is 48.0 Å². The summed E-state index contributed by atoms with van der Waals surface area (Å²) in [4.78, 5) is 32.3. The van der Waals surface area contributed by atoms with Crippen molar-refractivity contribution < 1.29 is 19.1 Å². The number of carbonyl (C=O) groups is 2. The number of methoxy groups -OCH3 is 2. The third-order valence-corrected chi connectivity index (χ3v) is 6.77. The normalized spacial score (nSPS) is 13.0. The lowest BCUT2D eigenvalue weighted by Crippen LogP contribution is -2.36. The number of nitrogens with one attached hydrogen (secondary N) is 1. The number of carbonyl (C=O) groups excluding carboxylic acids is 2. The Bertz CT molecular complexity index is 1220. The van der Waals surface area contributed by atoms with Crippen LogP contribution in [0, 0.1) is 6.92 Å². The van der Waals surface area contributed by atoms with Gasteiger partial charge in [0.25, 0.3) is 5.91 Å². The van der Waals surface area contributed by atoms with Gasteiger partial charge in [0.05, 0.1) is 19.1 Å². The van der Waals surface area contributed by atoms with Gasteiger partial charge in [-0.05, 0) is 65.3 Å². The first-order valence-electron chi connectivity index (χ1n) is 11.0. The van der Waals surface area contributed by atoms with Crippen LogP contribution in [0.25, 0.3) is 6.08 Å². The summed E-state index contributed by atoms with van der Waals surface area (Å²) in [6.07, 6.45) is 5.92. The van der Waals surface area contributed by atoms with Gasteiger partial charge in [-0.2, -0.15) is 0 Å². The maximum absolute atomic E-state index is 12.9. The number of hydrogen-bond acceptors (Lipinski definition) is 6. The number of hydrogen-bond donors (Lipinski definition) is 1. The Morgan fingerprint density at radius 2 is 2.03 bits per heavy atom. The average molecular weight is 478 g/mol. The molecule has 0 saturated carbocycles. The summed E-state index contributed by atoms with van der Waals surface area (Å²) < 4.78 is 10.6. The molecule has 0 aliphatic carbocycles. The van der Waals surface area contributed by atoms with Gasteiger partial charge in [-0.3, -0.25) is 14.6 Å². The molecule has 2 amide bonds. The number of rotatable bonds is 7. The predicted molar refractivity (Wildman–Crippen MR) is 132 cm³/mol. The van der Waals surface area contributed by atoms with Gasteiger partial charge in [-0.25, -0.2) is 0 Å². The third kappa shape index (κ3) is 5.12. The van der Waals surface area contributed by atoms with Crippen molar-refractivity contribution in [1.82, 2.24) is 15.2 Å². The van der Waals surface area contributed by atoms with E-state index < -0.39 is 0 Å². The molecule has 2 aromatic heterocycles. The van der Waals surface area contributed by atoms with Crippen molar-refractivity contribution in [1.29, 1.82) is 0 Å². The van der Waals surface area contributed by atoms with Crippen LogP contribution in [0.2, 0.25) is 0 Å². The van der Waals surface area contributed by atoms with E-state index in [4.69, 9.17) is 9.47 Å². The van der Waals surface area contributed by atoms with Crippen LogP contribution in [0.4, 0.5) is 0 Å². The van der Waals surface area contributed by atoms with Crippen LogP contribution >= 0.6 is 11.3 Å². The summed E-state index contributed by atoms with van der Waals surface area (Å²) in [6.45, 7) is 3.48. The number of aryl methyl sites for hydroxylation is 1. The fourth-order valence-electron chi connectivity index (χ4n) is 4.04. The molecule has 1 N–H and O–H groups in total. The number of nitrogens with zero attached hydrogens (tertiary/aromatic N) is 2. The second kappa shape index (κ2) is 10.5. The van der Waals surface area contributed by atoms with Crippen molar-refractivity contribution in [2.75, 3.05) is 20.8 Å². The molecule has 0 atom stereocenters. The molecule has 4 rings (SSSR count). The summed E-state index contributed by atoms with van der Waals surface area (Å²) in [5, 5.41) is 4.89. The molecular formula is C26H27N3O4S. The highest BCUT2D eigenvalue weighted by molar-refractivity contribution is 7.12. The van der Waals surface area contributed by atoms with Gasteiger partial charge in [-0.15, -0.1) is 11.3 Å². The van der Waals surface area contributed by atoms with E-state index in [2.05, 4.69) is 10.3 Å². The number of benzene rings is 1. The summed E-state index contributed by atoms with van der Waals surface area (Å²) in [7, 11) is 3.17.